The predicted molar refractivity (Wildman–Crippen MR) is 135 cm³/mol. The van der Waals surface area contributed by atoms with Crippen LogP contribution in [0.1, 0.15) is 12.5 Å². The number of aryl methyl sites for hydroxylation is 1. The number of amides is 1. The number of hydrazone groups is 2. The number of nitrogens with one attached hydrogen (secondary N) is 2. The van der Waals surface area contributed by atoms with E-state index >= 15 is 0 Å². The SMILES string of the molecule is CC1=NN(c2ccc(C)c(F)c2)C(=O)/C1=N\Nc1cccc(-c2cccc(NS(=O)(=O)C(F)(F)F)c2)c1O. The molecule has 1 aliphatic rings. The molecule has 198 valence electrons. The van der Waals surface area contributed by atoms with Crippen molar-refractivity contribution in [2.75, 3.05) is 15.2 Å². The van der Waals surface area contributed by atoms with Gasteiger partial charge in [0.05, 0.1) is 17.1 Å². The monoisotopic (exact) mass is 549 g/mol. The number of phenolic OH excluding ortho intramolecular Hbond substituents is 1. The first-order chi connectivity index (χ1) is 17.8. The molecule has 3 N–H and O–H groups in total. The highest BCUT2D eigenvalue weighted by Gasteiger charge is 2.46. The molecule has 3 aromatic rings. The molecule has 0 unspecified atom stereocenters. The van der Waals surface area contributed by atoms with E-state index in [1.165, 1.54) is 60.2 Å². The average molecular weight is 550 g/mol. The topological polar surface area (TPSA) is 123 Å². The summed E-state index contributed by atoms with van der Waals surface area (Å²) in [6, 6.07) is 13.6. The first-order valence-corrected chi connectivity index (χ1v) is 12.3. The summed E-state index contributed by atoms with van der Waals surface area (Å²) < 4.78 is 76.4. The van der Waals surface area contributed by atoms with Gasteiger partial charge in [0.2, 0.25) is 0 Å². The van der Waals surface area contributed by atoms with Gasteiger partial charge in [0, 0.05) is 11.3 Å². The van der Waals surface area contributed by atoms with Crippen LogP contribution >= 0.6 is 0 Å². The van der Waals surface area contributed by atoms with Crippen LogP contribution in [0.2, 0.25) is 0 Å². The van der Waals surface area contributed by atoms with Gasteiger partial charge in [-0.2, -0.15) is 36.8 Å². The Bertz CT molecular complexity index is 1600. The average Bonchev–Trinajstić information content (AvgIpc) is 3.12. The highest BCUT2D eigenvalue weighted by atomic mass is 32.2. The number of para-hydroxylation sites is 1. The number of aromatic hydroxyl groups is 1. The first kappa shape index (κ1) is 26.6. The van der Waals surface area contributed by atoms with Gasteiger partial charge in [-0.3, -0.25) is 14.9 Å². The summed E-state index contributed by atoms with van der Waals surface area (Å²) in [6.45, 7) is 3.10. The van der Waals surface area contributed by atoms with Crippen LogP contribution in [0.3, 0.4) is 0 Å². The zero-order valence-electron chi connectivity index (χ0n) is 19.7. The van der Waals surface area contributed by atoms with Crippen molar-refractivity contribution in [3.63, 3.8) is 0 Å². The number of rotatable bonds is 6. The summed E-state index contributed by atoms with van der Waals surface area (Å²) >= 11 is 0. The number of hydrogen-bond donors (Lipinski definition) is 3. The Morgan fingerprint density at radius 2 is 1.74 bits per heavy atom. The maximum absolute atomic E-state index is 14.0. The largest absolute Gasteiger partial charge is 0.516 e. The Morgan fingerprint density at radius 1 is 1.03 bits per heavy atom. The van der Waals surface area contributed by atoms with Crippen molar-refractivity contribution in [3.05, 3.63) is 72.0 Å². The zero-order valence-corrected chi connectivity index (χ0v) is 20.5. The van der Waals surface area contributed by atoms with Gasteiger partial charge >= 0.3 is 21.4 Å². The van der Waals surface area contributed by atoms with Crippen molar-refractivity contribution >= 4 is 44.4 Å². The van der Waals surface area contributed by atoms with E-state index in [1.54, 1.807) is 6.92 Å². The number of hydrogen-bond acceptors (Lipinski definition) is 7. The summed E-state index contributed by atoms with van der Waals surface area (Å²) in [7, 11) is -5.64. The van der Waals surface area contributed by atoms with Crippen LogP contribution in [0.25, 0.3) is 11.1 Å². The van der Waals surface area contributed by atoms with Gasteiger partial charge < -0.3 is 5.11 Å². The molecule has 4 rings (SSSR count). The highest BCUT2D eigenvalue weighted by Crippen LogP contribution is 2.37. The van der Waals surface area contributed by atoms with Gasteiger partial charge in [-0.1, -0.05) is 30.3 Å². The van der Waals surface area contributed by atoms with Crippen molar-refractivity contribution in [2.45, 2.75) is 19.4 Å². The van der Waals surface area contributed by atoms with Crippen molar-refractivity contribution in [3.8, 4) is 16.9 Å². The van der Waals surface area contributed by atoms with Gasteiger partial charge in [0.15, 0.2) is 5.71 Å². The molecular weight excluding hydrogens is 530 g/mol. The molecule has 0 radical (unpaired) electrons. The molecule has 9 nitrogen and oxygen atoms in total. The molecule has 3 aromatic carbocycles. The lowest BCUT2D eigenvalue weighted by Crippen LogP contribution is -2.29. The Morgan fingerprint density at radius 3 is 2.42 bits per heavy atom. The molecule has 0 aliphatic carbocycles. The van der Waals surface area contributed by atoms with E-state index in [2.05, 4.69) is 15.6 Å². The summed E-state index contributed by atoms with van der Waals surface area (Å²) in [6.07, 6.45) is 0. The predicted octanol–water partition coefficient (Wildman–Crippen LogP) is 4.96. The van der Waals surface area contributed by atoms with Crippen molar-refractivity contribution in [1.29, 1.82) is 0 Å². The minimum atomic E-state index is -5.64. The third-order valence-corrected chi connectivity index (χ3v) is 6.56. The Hall–Kier alpha value is -4.46. The molecule has 1 aliphatic heterocycles. The van der Waals surface area contributed by atoms with E-state index in [0.717, 1.165) is 17.1 Å². The second-order valence-corrected chi connectivity index (χ2v) is 9.82. The number of carbonyl (C=O) groups excluding carboxylic acids is 1. The molecule has 38 heavy (non-hydrogen) atoms. The molecule has 0 bridgehead atoms. The lowest BCUT2D eigenvalue weighted by atomic mass is 10.0. The Kier molecular flexibility index (Phi) is 6.84. The van der Waals surface area contributed by atoms with Crippen LogP contribution in [0.15, 0.2) is 70.9 Å². The van der Waals surface area contributed by atoms with Crippen molar-refractivity contribution in [2.24, 2.45) is 10.2 Å². The standard InChI is InChI=1S/C24H19F4N5O4S/c1-13-9-10-17(12-19(13)25)33-23(35)21(14(2)31-33)30-29-20-8-4-7-18(22(20)34)15-5-3-6-16(11-15)32-38(36,37)24(26,27)28/h3-12,29,32,34H,1-2H3/b30-21-. The highest BCUT2D eigenvalue weighted by molar-refractivity contribution is 7.93. The van der Waals surface area contributed by atoms with E-state index in [0.29, 0.717) is 5.56 Å². The summed E-state index contributed by atoms with van der Waals surface area (Å²) in [5.74, 6) is -1.52. The van der Waals surface area contributed by atoms with Crippen LogP contribution < -0.4 is 15.2 Å². The van der Waals surface area contributed by atoms with E-state index in [9.17, 15) is 35.9 Å². The molecule has 0 fully saturated rings. The molecule has 0 saturated carbocycles. The smallest absolute Gasteiger partial charge is 0.505 e. The molecule has 0 atom stereocenters. The van der Waals surface area contributed by atoms with Crippen LogP contribution in [0, 0.1) is 12.7 Å². The number of halogens is 4. The second kappa shape index (κ2) is 9.78. The van der Waals surface area contributed by atoms with Crippen LogP contribution in [0.5, 0.6) is 5.75 Å². The fourth-order valence-corrected chi connectivity index (χ4v) is 4.01. The van der Waals surface area contributed by atoms with Gasteiger partial charge in [0.25, 0.3) is 0 Å². The fraction of sp³-hybridized carbons (Fsp3) is 0.125. The molecule has 0 saturated heterocycles. The number of nitrogens with zero attached hydrogens (tertiary/aromatic N) is 3. The first-order valence-electron chi connectivity index (χ1n) is 10.8. The Labute approximate surface area is 214 Å². The maximum Gasteiger partial charge on any atom is 0.516 e. The number of alkyl halides is 3. The molecule has 1 heterocycles. The van der Waals surface area contributed by atoms with Crippen LogP contribution in [0.4, 0.5) is 34.6 Å². The van der Waals surface area contributed by atoms with Gasteiger partial charge in [0.1, 0.15) is 11.6 Å². The number of carbonyl (C=O) groups is 1. The van der Waals surface area contributed by atoms with Crippen LogP contribution in [-0.2, 0) is 14.8 Å². The quantitative estimate of drug-likeness (QED) is 0.228. The Balaban J connectivity index is 1.58. The van der Waals surface area contributed by atoms with Crippen molar-refractivity contribution in [1.82, 2.24) is 0 Å². The minimum Gasteiger partial charge on any atom is -0.505 e. The lowest BCUT2D eigenvalue weighted by molar-refractivity contribution is -0.112. The summed E-state index contributed by atoms with van der Waals surface area (Å²) in [5, 5.41) is 19.9. The third kappa shape index (κ3) is 5.16. The molecular formula is C24H19F4N5O4S. The number of phenols is 1. The molecule has 14 heteroatoms. The van der Waals surface area contributed by atoms with E-state index in [4.69, 9.17) is 0 Å². The summed E-state index contributed by atoms with van der Waals surface area (Å²) in [4.78, 5) is 12.8. The zero-order chi connectivity index (χ0) is 27.8. The fourth-order valence-electron chi connectivity index (χ4n) is 3.46. The van der Waals surface area contributed by atoms with E-state index < -0.39 is 27.3 Å². The summed E-state index contributed by atoms with van der Waals surface area (Å²) in [5.41, 5.74) is -2.20. The van der Waals surface area contributed by atoms with Gasteiger partial charge in [-0.25, -0.2) is 4.39 Å². The van der Waals surface area contributed by atoms with Crippen LogP contribution in [-0.4, -0.2) is 36.4 Å². The molecule has 0 spiro atoms. The van der Waals surface area contributed by atoms with E-state index in [1.807, 2.05) is 0 Å². The van der Waals surface area contributed by atoms with Gasteiger partial charge in [-0.15, -0.1) is 0 Å². The third-order valence-electron chi connectivity index (χ3n) is 5.44. The minimum absolute atomic E-state index is 0.0386. The maximum atomic E-state index is 14.0. The second-order valence-electron chi connectivity index (χ2n) is 8.14. The molecule has 1 amide bonds. The molecule has 0 aromatic heterocycles. The van der Waals surface area contributed by atoms with Crippen molar-refractivity contribution < 1.29 is 35.9 Å². The lowest BCUT2D eigenvalue weighted by Gasteiger charge is -2.13. The number of sulfonamides is 1. The number of anilines is 3. The van der Waals surface area contributed by atoms with Gasteiger partial charge in [-0.05, 0) is 55.3 Å². The normalized spacial score (nSPS) is 15.1. The van der Waals surface area contributed by atoms with E-state index in [-0.39, 0.29) is 45.4 Å². The number of benzene rings is 3.